The minimum atomic E-state index is 0.109. The number of anilines is 1. The van der Waals surface area contributed by atoms with Gasteiger partial charge < -0.3 is 5.32 Å². The number of aryl methyl sites for hydroxylation is 1. The minimum absolute atomic E-state index is 0.109. The maximum absolute atomic E-state index is 6.27. The number of rotatable bonds is 3. The summed E-state index contributed by atoms with van der Waals surface area (Å²) in [5.74, 6) is 0. The van der Waals surface area contributed by atoms with Crippen molar-refractivity contribution in [1.29, 1.82) is 0 Å². The normalized spacial score (nSPS) is 12.3. The van der Waals surface area contributed by atoms with E-state index in [1.165, 1.54) is 0 Å². The van der Waals surface area contributed by atoms with Crippen LogP contribution in [0.25, 0.3) is 0 Å². The molecule has 1 atom stereocenters. The maximum Gasteiger partial charge on any atom is 0.0500 e. The SMILES string of the molecule is Cc1ccc(Cl)cc1NC(C)c1ccc(Br)cc1Cl. The molecule has 1 N–H and O–H groups in total. The van der Waals surface area contributed by atoms with Gasteiger partial charge in [-0.1, -0.05) is 51.3 Å². The Bertz CT molecular complexity index is 599. The average Bonchev–Trinajstić information content (AvgIpc) is 2.33. The second-order valence-corrected chi connectivity index (χ2v) is 6.25. The molecule has 2 rings (SSSR count). The summed E-state index contributed by atoms with van der Waals surface area (Å²) in [4.78, 5) is 0. The Hall–Kier alpha value is -0.700. The van der Waals surface area contributed by atoms with Gasteiger partial charge >= 0.3 is 0 Å². The lowest BCUT2D eigenvalue weighted by atomic mass is 10.1. The maximum atomic E-state index is 6.27. The molecule has 19 heavy (non-hydrogen) atoms. The molecule has 2 aromatic carbocycles. The summed E-state index contributed by atoms with van der Waals surface area (Å²) < 4.78 is 0.979. The third-order valence-corrected chi connectivity index (χ3v) is 4.06. The monoisotopic (exact) mass is 357 g/mol. The molecule has 1 unspecified atom stereocenters. The van der Waals surface area contributed by atoms with Crippen molar-refractivity contribution in [3.05, 3.63) is 62.0 Å². The van der Waals surface area contributed by atoms with Crippen LogP contribution in [0.3, 0.4) is 0 Å². The predicted octanol–water partition coefficient (Wildman–Crippen LogP) is 6.24. The Morgan fingerprint density at radius 2 is 1.84 bits per heavy atom. The van der Waals surface area contributed by atoms with Gasteiger partial charge in [-0.15, -0.1) is 0 Å². The van der Waals surface area contributed by atoms with Crippen molar-refractivity contribution < 1.29 is 0 Å². The highest BCUT2D eigenvalue weighted by Gasteiger charge is 2.11. The third kappa shape index (κ3) is 3.65. The molecule has 0 aliphatic heterocycles. The van der Waals surface area contributed by atoms with Crippen LogP contribution >= 0.6 is 39.1 Å². The first-order valence-corrected chi connectivity index (χ1v) is 7.50. The quantitative estimate of drug-likeness (QED) is 0.684. The van der Waals surface area contributed by atoms with Gasteiger partial charge in [0.2, 0.25) is 0 Å². The van der Waals surface area contributed by atoms with Gasteiger partial charge in [0.1, 0.15) is 0 Å². The van der Waals surface area contributed by atoms with Gasteiger partial charge in [0, 0.05) is 20.2 Å². The zero-order valence-corrected chi connectivity index (χ0v) is 13.8. The Balaban J connectivity index is 2.25. The lowest BCUT2D eigenvalue weighted by Gasteiger charge is -2.19. The van der Waals surface area contributed by atoms with Crippen molar-refractivity contribution in [2.45, 2.75) is 19.9 Å². The largest absolute Gasteiger partial charge is 0.378 e. The van der Waals surface area contributed by atoms with E-state index in [0.29, 0.717) is 0 Å². The van der Waals surface area contributed by atoms with Crippen LogP contribution in [0.1, 0.15) is 24.1 Å². The molecular weight excluding hydrogens is 345 g/mol. The Morgan fingerprint density at radius 3 is 2.53 bits per heavy atom. The van der Waals surface area contributed by atoms with Crippen molar-refractivity contribution >= 4 is 44.8 Å². The standard InChI is InChI=1S/C15H14BrCl2N/c1-9-3-5-12(17)8-15(9)19-10(2)13-6-4-11(16)7-14(13)18/h3-8,10,19H,1-2H3. The van der Waals surface area contributed by atoms with E-state index in [1.54, 1.807) is 0 Å². The van der Waals surface area contributed by atoms with Crippen molar-refractivity contribution in [3.63, 3.8) is 0 Å². The minimum Gasteiger partial charge on any atom is -0.378 e. The highest BCUT2D eigenvalue weighted by molar-refractivity contribution is 9.10. The fourth-order valence-corrected chi connectivity index (χ4v) is 2.92. The van der Waals surface area contributed by atoms with Crippen LogP contribution in [-0.4, -0.2) is 0 Å². The fourth-order valence-electron chi connectivity index (χ4n) is 1.91. The molecule has 0 radical (unpaired) electrons. The molecule has 0 aromatic heterocycles. The smallest absolute Gasteiger partial charge is 0.0500 e. The molecule has 0 fully saturated rings. The Kier molecular flexibility index (Phi) is 4.77. The molecule has 100 valence electrons. The lowest BCUT2D eigenvalue weighted by Crippen LogP contribution is -2.08. The first-order chi connectivity index (χ1) is 8.97. The number of hydrogen-bond acceptors (Lipinski definition) is 1. The molecule has 0 aliphatic carbocycles. The first kappa shape index (κ1) is 14.7. The van der Waals surface area contributed by atoms with Gasteiger partial charge in [0.15, 0.2) is 0 Å². The molecule has 0 bridgehead atoms. The van der Waals surface area contributed by atoms with Gasteiger partial charge in [-0.3, -0.25) is 0 Å². The number of benzene rings is 2. The van der Waals surface area contributed by atoms with E-state index in [0.717, 1.165) is 31.3 Å². The van der Waals surface area contributed by atoms with Crippen LogP contribution in [0.15, 0.2) is 40.9 Å². The van der Waals surface area contributed by atoms with Crippen molar-refractivity contribution in [1.82, 2.24) is 0 Å². The summed E-state index contributed by atoms with van der Waals surface area (Å²) in [6.07, 6.45) is 0. The van der Waals surface area contributed by atoms with Crippen LogP contribution in [0.4, 0.5) is 5.69 Å². The summed E-state index contributed by atoms with van der Waals surface area (Å²) in [5.41, 5.74) is 3.24. The van der Waals surface area contributed by atoms with Gasteiger partial charge in [0.25, 0.3) is 0 Å². The zero-order chi connectivity index (χ0) is 14.0. The molecule has 1 nitrogen and oxygen atoms in total. The number of hydrogen-bond donors (Lipinski definition) is 1. The molecule has 0 amide bonds. The Labute approximate surface area is 132 Å². The highest BCUT2D eigenvalue weighted by atomic mass is 79.9. The summed E-state index contributed by atoms with van der Waals surface area (Å²) in [6.45, 7) is 4.13. The summed E-state index contributed by atoms with van der Waals surface area (Å²) in [7, 11) is 0. The van der Waals surface area contributed by atoms with Crippen LogP contribution in [0.5, 0.6) is 0 Å². The average molecular weight is 359 g/mol. The van der Waals surface area contributed by atoms with Crippen LogP contribution in [-0.2, 0) is 0 Å². The topological polar surface area (TPSA) is 12.0 Å². The molecule has 0 saturated heterocycles. The second-order valence-electron chi connectivity index (χ2n) is 4.49. The van der Waals surface area contributed by atoms with E-state index in [1.807, 2.05) is 36.4 Å². The molecular formula is C15H14BrCl2N. The summed E-state index contributed by atoms with van der Waals surface area (Å²) in [6, 6.07) is 11.8. The first-order valence-electron chi connectivity index (χ1n) is 5.95. The van der Waals surface area contributed by atoms with E-state index in [2.05, 4.69) is 35.1 Å². The van der Waals surface area contributed by atoms with Crippen LogP contribution < -0.4 is 5.32 Å². The van der Waals surface area contributed by atoms with Crippen molar-refractivity contribution in [2.24, 2.45) is 0 Å². The van der Waals surface area contributed by atoms with Crippen LogP contribution in [0, 0.1) is 6.92 Å². The molecule has 0 aliphatic rings. The molecule has 0 spiro atoms. The van der Waals surface area contributed by atoms with Gasteiger partial charge in [-0.05, 0) is 49.2 Å². The number of nitrogens with one attached hydrogen (secondary N) is 1. The Morgan fingerprint density at radius 1 is 1.11 bits per heavy atom. The molecule has 4 heteroatoms. The third-order valence-electron chi connectivity index (χ3n) is 3.00. The number of halogens is 3. The molecule has 0 heterocycles. The van der Waals surface area contributed by atoms with Gasteiger partial charge in [-0.25, -0.2) is 0 Å². The predicted molar refractivity (Wildman–Crippen MR) is 87.4 cm³/mol. The van der Waals surface area contributed by atoms with Gasteiger partial charge in [-0.2, -0.15) is 0 Å². The van der Waals surface area contributed by atoms with Crippen molar-refractivity contribution in [3.8, 4) is 0 Å². The molecule has 0 saturated carbocycles. The van der Waals surface area contributed by atoms with Gasteiger partial charge in [0.05, 0.1) is 6.04 Å². The van der Waals surface area contributed by atoms with Crippen LogP contribution in [0.2, 0.25) is 10.0 Å². The van der Waals surface area contributed by atoms with E-state index in [-0.39, 0.29) is 6.04 Å². The van der Waals surface area contributed by atoms with E-state index in [9.17, 15) is 0 Å². The second kappa shape index (κ2) is 6.17. The zero-order valence-electron chi connectivity index (χ0n) is 10.7. The van der Waals surface area contributed by atoms with E-state index >= 15 is 0 Å². The molecule has 2 aromatic rings. The summed E-state index contributed by atoms with van der Waals surface area (Å²) >= 11 is 15.7. The van der Waals surface area contributed by atoms with Crippen molar-refractivity contribution in [2.75, 3.05) is 5.32 Å². The summed E-state index contributed by atoms with van der Waals surface area (Å²) in [5, 5.41) is 4.91. The fraction of sp³-hybridized carbons (Fsp3) is 0.200. The lowest BCUT2D eigenvalue weighted by molar-refractivity contribution is 0.882. The van der Waals surface area contributed by atoms with E-state index in [4.69, 9.17) is 23.2 Å². The highest BCUT2D eigenvalue weighted by Crippen LogP contribution is 2.30. The van der Waals surface area contributed by atoms with E-state index < -0.39 is 0 Å².